The standard InChI is InChI=1S/C17H15Cl4N3O4S/c1-9-2-3-10(29(26,27)24-4-6-28-7-5-24)8-11(9)22-17(25)15-13(19)12(18)14(20)16(21)23-15/h2-3,8H,4-7H2,1H3,(H,22,25). The van der Waals surface area contributed by atoms with E-state index in [0.29, 0.717) is 18.8 Å². The van der Waals surface area contributed by atoms with Gasteiger partial charge in [0, 0.05) is 18.8 Å². The molecular formula is C17H15Cl4N3O4S. The quantitative estimate of drug-likeness (QED) is 0.635. The van der Waals surface area contributed by atoms with Crippen LogP contribution in [0, 0.1) is 6.92 Å². The van der Waals surface area contributed by atoms with Gasteiger partial charge in [-0.1, -0.05) is 52.5 Å². The highest BCUT2D eigenvalue weighted by atomic mass is 35.5. The number of pyridine rings is 1. The summed E-state index contributed by atoms with van der Waals surface area (Å²) in [5, 5.41) is 2.11. The third-order valence-corrected chi connectivity index (χ3v) is 7.84. The molecule has 1 aromatic carbocycles. The molecule has 0 unspecified atom stereocenters. The molecule has 0 radical (unpaired) electrons. The molecule has 1 fully saturated rings. The number of hydrogen-bond acceptors (Lipinski definition) is 5. The van der Waals surface area contributed by atoms with E-state index in [1.165, 1.54) is 16.4 Å². The van der Waals surface area contributed by atoms with Gasteiger partial charge in [0.25, 0.3) is 5.91 Å². The summed E-state index contributed by atoms with van der Waals surface area (Å²) in [4.78, 5) is 16.6. The van der Waals surface area contributed by atoms with Gasteiger partial charge in [0.15, 0.2) is 0 Å². The summed E-state index contributed by atoms with van der Waals surface area (Å²) < 4.78 is 32.3. The van der Waals surface area contributed by atoms with E-state index in [1.807, 2.05) is 0 Å². The van der Waals surface area contributed by atoms with Crippen LogP contribution in [-0.4, -0.2) is 49.9 Å². The second-order valence-corrected chi connectivity index (χ2v) is 9.57. The number of carbonyl (C=O) groups is 1. The third-order valence-electron chi connectivity index (χ3n) is 4.26. The molecule has 2 heterocycles. The van der Waals surface area contributed by atoms with Crippen LogP contribution in [0.2, 0.25) is 20.2 Å². The molecule has 156 valence electrons. The fraction of sp³-hybridized carbons (Fsp3) is 0.294. The maximum Gasteiger partial charge on any atom is 0.275 e. The molecule has 1 aromatic heterocycles. The fourth-order valence-corrected chi connectivity index (χ4v) is 4.90. The normalized spacial score (nSPS) is 15.3. The summed E-state index contributed by atoms with van der Waals surface area (Å²) in [6.45, 7) is 2.91. The van der Waals surface area contributed by atoms with Crippen molar-refractivity contribution in [3.8, 4) is 0 Å². The second-order valence-electron chi connectivity index (χ2n) is 6.14. The maximum atomic E-state index is 12.9. The highest BCUT2D eigenvalue weighted by Crippen LogP contribution is 2.36. The van der Waals surface area contributed by atoms with E-state index in [-0.39, 0.29) is 49.6 Å². The predicted molar refractivity (Wildman–Crippen MR) is 113 cm³/mol. The van der Waals surface area contributed by atoms with Crippen LogP contribution in [-0.2, 0) is 14.8 Å². The Morgan fingerprint density at radius 2 is 1.76 bits per heavy atom. The number of sulfonamides is 1. The van der Waals surface area contributed by atoms with Crippen molar-refractivity contribution in [1.82, 2.24) is 9.29 Å². The molecule has 0 atom stereocenters. The molecule has 0 saturated carbocycles. The molecule has 1 aliphatic rings. The number of ether oxygens (including phenoxy) is 1. The minimum absolute atomic E-state index is 0.0477. The SMILES string of the molecule is Cc1ccc(S(=O)(=O)N2CCOCC2)cc1NC(=O)c1nc(Cl)c(Cl)c(Cl)c1Cl. The minimum Gasteiger partial charge on any atom is -0.379 e. The van der Waals surface area contributed by atoms with Gasteiger partial charge in [-0.3, -0.25) is 4.79 Å². The lowest BCUT2D eigenvalue weighted by Gasteiger charge is -2.26. The Morgan fingerprint density at radius 3 is 2.41 bits per heavy atom. The maximum absolute atomic E-state index is 12.9. The summed E-state index contributed by atoms with van der Waals surface area (Å²) in [6.07, 6.45) is 0. The number of halogens is 4. The van der Waals surface area contributed by atoms with Crippen molar-refractivity contribution in [2.75, 3.05) is 31.6 Å². The van der Waals surface area contributed by atoms with Crippen LogP contribution < -0.4 is 5.32 Å². The van der Waals surface area contributed by atoms with Crippen LogP contribution in [0.15, 0.2) is 23.1 Å². The number of amides is 1. The van der Waals surface area contributed by atoms with Gasteiger partial charge >= 0.3 is 0 Å². The van der Waals surface area contributed by atoms with E-state index in [0.717, 1.165) is 0 Å². The van der Waals surface area contributed by atoms with Crippen LogP contribution in [0.1, 0.15) is 16.1 Å². The predicted octanol–water partition coefficient (Wildman–Crippen LogP) is 4.28. The molecule has 2 aromatic rings. The summed E-state index contributed by atoms with van der Waals surface area (Å²) in [7, 11) is -3.73. The average Bonchev–Trinajstić information content (AvgIpc) is 2.71. The first-order valence-corrected chi connectivity index (χ1v) is 11.3. The first kappa shape index (κ1) is 22.6. The van der Waals surface area contributed by atoms with Crippen LogP contribution in [0.3, 0.4) is 0 Å². The number of hydrogen-bond donors (Lipinski definition) is 1. The number of carbonyl (C=O) groups excluding carboxylic acids is 1. The molecule has 3 rings (SSSR count). The number of aryl methyl sites for hydroxylation is 1. The van der Waals surface area contributed by atoms with Gasteiger partial charge in [0.1, 0.15) is 10.8 Å². The first-order valence-electron chi connectivity index (χ1n) is 8.33. The first-order chi connectivity index (χ1) is 13.6. The second kappa shape index (κ2) is 8.93. The van der Waals surface area contributed by atoms with Crippen molar-refractivity contribution in [2.45, 2.75) is 11.8 Å². The zero-order valence-corrected chi connectivity index (χ0v) is 18.8. The fourth-order valence-electron chi connectivity index (χ4n) is 2.65. The lowest BCUT2D eigenvalue weighted by molar-refractivity contribution is 0.0730. The van der Waals surface area contributed by atoms with Gasteiger partial charge in [-0.2, -0.15) is 4.31 Å². The molecule has 0 spiro atoms. The van der Waals surface area contributed by atoms with Gasteiger partial charge in [0.2, 0.25) is 10.0 Å². The molecule has 1 amide bonds. The Morgan fingerprint density at radius 1 is 1.10 bits per heavy atom. The summed E-state index contributed by atoms with van der Waals surface area (Å²) in [5.74, 6) is -0.709. The van der Waals surface area contributed by atoms with Gasteiger partial charge in [-0.05, 0) is 24.6 Å². The molecule has 1 saturated heterocycles. The highest BCUT2D eigenvalue weighted by molar-refractivity contribution is 7.89. The molecule has 1 N–H and O–H groups in total. The highest BCUT2D eigenvalue weighted by Gasteiger charge is 2.27. The van der Waals surface area contributed by atoms with Crippen molar-refractivity contribution in [2.24, 2.45) is 0 Å². The van der Waals surface area contributed by atoms with Crippen LogP contribution in [0.25, 0.3) is 0 Å². The number of benzene rings is 1. The lowest BCUT2D eigenvalue weighted by atomic mass is 10.2. The molecule has 7 nitrogen and oxygen atoms in total. The lowest BCUT2D eigenvalue weighted by Crippen LogP contribution is -2.40. The van der Waals surface area contributed by atoms with Gasteiger partial charge in [0.05, 0.1) is 33.2 Å². The van der Waals surface area contributed by atoms with Crippen molar-refractivity contribution in [3.05, 3.63) is 49.7 Å². The summed E-state index contributed by atoms with van der Waals surface area (Å²) in [6, 6.07) is 4.46. The van der Waals surface area contributed by atoms with Crippen LogP contribution in [0.4, 0.5) is 5.69 Å². The zero-order valence-electron chi connectivity index (χ0n) is 15.0. The van der Waals surface area contributed by atoms with Crippen molar-refractivity contribution >= 4 is 68.0 Å². The molecule has 1 aliphatic heterocycles. The Bertz CT molecular complexity index is 1070. The van der Waals surface area contributed by atoms with Crippen LogP contribution in [0.5, 0.6) is 0 Å². The zero-order chi connectivity index (χ0) is 21.3. The Kier molecular flexibility index (Phi) is 6.95. The van der Waals surface area contributed by atoms with E-state index in [2.05, 4.69) is 10.3 Å². The molecule has 0 bridgehead atoms. The van der Waals surface area contributed by atoms with E-state index < -0.39 is 15.9 Å². The number of aromatic nitrogens is 1. The molecular weight excluding hydrogens is 484 g/mol. The number of nitrogens with one attached hydrogen (secondary N) is 1. The van der Waals surface area contributed by atoms with E-state index >= 15 is 0 Å². The number of nitrogens with zero attached hydrogens (tertiary/aromatic N) is 2. The van der Waals surface area contributed by atoms with E-state index in [9.17, 15) is 13.2 Å². The summed E-state index contributed by atoms with van der Waals surface area (Å²) >= 11 is 23.8. The number of rotatable bonds is 4. The smallest absolute Gasteiger partial charge is 0.275 e. The largest absolute Gasteiger partial charge is 0.379 e. The van der Waals surface area contributed by atoms with Gasteiger partial charge < -0.3 is 10.1 Å². The molecule has 0 aliphatic carbocycles. The van der Waals surface area contributed by atoms with Crippen LogP contribution >= 0.6 is 46.4 Å². The third kappa shape index (κ3) is 4.64. The Labute approximate surface area is 187 Å². The monoisotopic (exact) mass is 497 g/mol. The topological polar surface area (TPSA) is 88.6 Å². The average molecular weight is 499 g/mol. The van der Waals surface area contributed by atoms with Crippen molar-refractivity contribution in [1.29, 1.82) is 0 Å². The minimum atomic E-state index is -3.73. The summed E-state index contributed by atoms with van der Waals surface area (Å²) in [5.41, 5.74) is 0.692. The molecule has 12 heteroatoms. The van der Waals surface area contributed by atoms with Gasteiger partial charge in [-0.25, -0.2) is 13.4 Å². The van der Waals surface area contributed by atoms with Gasteiger partial charge in [-0.15, -0.1) is 0 Å². The van der Waals surface area contributed by atoms with Crippen molar-refractivity contribution < 1.29 is 17.9 Å². The number of morpholine rings is 1. The number of anilines is 1. The van der Waals surface area contributed by atoms with E-state index in [1.54, 1.807) is 13.0 Å². The van der Waals surface area contributed by atoms with E-state index in [4.69, 9.17) is 51.1 Å². The van der Waals surface area contributed by atoms with Crippen molar-refractivity contribution in [3.63, 3.8) is 0 Å². The Balaban J connectivity index is 1.92. The Hall–Kier alpha value is -1.13. The molecule has 29 heavy (non-hydrogen) atoms.